The molecule has 1 saturated heterocycles. The maximum Gasteiger partial charge on any atom is 0.271 e. The van der Waals surface area contributed by atoms with Crippen LogP contribution in [0.15, 0.2) is 24.9 Å². The minimum atomic E-state index is -0.649. The SMILES string of the molecule is C=CC(=O)C[C@@H]1CCCN(c2cnc(C(N)=O)c(Nc3cc(C)ns3)n2)[C@@H]1C. The Morgan fingerprint density at radius 1 is 1.50 bits per heavy atom. The third-order valence-corrected chi connectivity index (χ3v) is 5.79. The van der Waals surface area contributed by atoms with Gasteiger partial charge in [0, 0.05) is 19.0 Å². The van der Waals surface area contributed by atoms with Gasteiger partial charge in [-0.3, -0.25) is 9.59 Å². The van der Waals surface area contributed by atoms with Crippen LogP contribution in [0.5, 0.6) is 0 Å². The van der Waals surface area contributed by atoms with Crippen LogP contribution in [0.25, 0.3) is 0 Å². The smallest absolute Gasteiger partial charge is 0.271 e. The summed E-state index contributed by atoms with van der Waals surface area (Å²) in [7, 11) is 0. The lowest BCUT2D eigenvalue weighted by molar-refractivity contribution is -0.115. The topological polar surface area (TPSA) is 114 Å². The van der Waals surface area contributed by atoms with Gasteiger partial charge in [-0.1, -0.05) is 6.58 Å². The Hall–Kier alpha value is -2.81. The summed E-state index contributed by atoms with van der Waals surface area (Å²) in [5.41, 5.74) is 6.42. The molecule has 3 N–H and O–H groups in total. The molecule has 1 amide bonds. The van der Waals surface area contributed by atoms with Gasteiger partial charge in [0.2, 0.25) is 0 Å². The minimum absolute atomic E-state index is 0.0526. The normalized spacial score (nSPS) is 19.3. The first-order valence-corrected chi connectivity index (χ1v) is 9.95. The number of nitrogens with zero attached hydrogens (tertiary/aromatic N) is 4. The fourth-order valence-electron chi connectivity index (χ4n) is 3.49. The Morgan fingerprint density at radius 2 is 2.29 bits per heavy atom. The van der Waals surface area contributed by atoms with Crippen LogP contribution in [0, 0.1) is 12.8 Å². The van der Waals surface area contributed by atoms with Gasteiger partial charge < -0.3 is 16.0 Å². The van der Waals surface area contributed by atoms with Crippen molar-refractivity contribution >= 4 is 39.9 Å². The van der Waals surface area contributed by atoms with Crippen LogP contribution in [0.4, 0.5) is 16.6 Å². The number of nitrogens with two attached hydrogens (primary N) is 1. The van der Waals surface area contributed by atoms with Crippen molar-refractivity contribution in [2.75, 3.05) is 16.8 Å². The zero-order valence-electron chi connectivity index (χ0n) is 16.0. The molecular formula is C19H24N6O2S. The molecule has 0 aromatic carbocycles. The lowest BCUT2D eigenvalue weighted by Gasteiger charge is -2.40. The summed E-state index contributed by atoms with van der Waals surface area (Å²) in [5, 5.41) is 3.87. The van der Waals surface area contributed by atoms with Crippen LogP contribution in [0.3, 0.4) is 0 Å². The van der Waals surface area contributed by atoms with Crippen molar-refractivity contribution < 1.29 is 9.59 Å². The van der Waals surface area contributed by atoms with E-state index in [9.17, 15) is 9.59 Å². The average Bonchev–Trinajstić information content (AvgIpc) is 3.07. The Morgan fingerprint density at radius 3 is 2.93 bits per heavy atom. The second-order valence-electron chi connectivity index (χ2n) is 6.96. The highest BCUT2D eigenvalue weighted by molar-refractivity contribution is 7.10. The number of anilines is 3. The number of carbonyl (C=O) groups excluding carboxylic acids is 2. The summed E-state index contributed by atoms with van der Waals surface area (Å²) in [6.07, 6.45) is 5.35. The number of amides is 1. The number of hydrogen-bond donors (Lipinski definition) is 2. The molecule has 0 bridgehead atoms. The van der Waals surface area contributed by atoms with Crippen molar-refractivity contribution in [3.8, 4) is 0 Å². The van der Waals surface area contributed by atoms with Crippen LogP contribution < -0.4 is 16.0 Å². The van der Waals surface area contributed by atoms with Gasteiger partial charge in [0.1, 0.15) is 10.8 Å². The zero-order valence-corrected chi connectivity index (χ0v) is 16.8. The molecule has 0 spiro atoms. The first-order chi connectivity index (χ1) is 13.4. The van der Waals surface area contributed by atoms with Gasteiger partial charge >= 0.3 is 0 Å². The number of piperidine rings is 1. The summed E-state index contributed by atoms with van der Waals surface area (Å²) in [4.78, 5) is 34.6. The second-order valence-corrected chi connectivity index (χ2v) is 7.76. The van der Waals surface area contributed by atoms with Crippen LogP contribution in [-0.2, 0) is 4.79 Å². The van der Waals surface area contributed by atoms with Crippen LogP contribution >= 0.6 is 11.5 Å². The van der Waals surface area contributed by atoms with E-state index in [1.54, 1.807) is 6.20 Å². The van der Waals surface area contributed by atoms with E-state index in [0.717, 1.165) is 30.1 Å². The summed E-state index contributed by atoms with van der Waals surface area (Å²) in [6, 6.07) is 1.98. The van der Waals surface area contributed by atoms with Crippen LogP contribution in [-0.4, -0.2) is 38.6 Å². The van der Waals surface area contributed by atoms with Crippen molar-refractivity contribution in [3.63, 3.8) is 0 Å². The number of aromatic nitrogens is 3. The number of rotatable bonds is 7. The summed E-state index contributed by atoms with van der Waals surface area (Å²) < 4.78 is 4.22. The van der Waals surface area contributed by atoms with E-state index >= 15 is 0 Å². The fraction of sp³-hybridized carbons (Fsp3) is 0.421. The van der Waals surface area contributed by atoms with Gasteiger partial charge in [-0.15, -0.1) is 0 Å². The molecule has 148 valence electrons. The fourth-order valence-corrected chi connectivity index (χ4v) is 4.15. The van der Waals surface area contributed by atoms with Gasteiger partial charge in [-0.25, -0.2) is 9.97 Å². The van der Waals surface area contributed by atoms with E-state index in [-0.39, 0.29) is 23.4 Å². The first-order valence-electron chi connectivity index (χ1n) is 9.18. The van der Waals surface area contributed by atoms with E-state index < -0.39 is 5.91 Å². The van der Waals surface area contributed by atoms with Gasteiger partial charge in [-0.2, -0.15) is 4.37 Å². The van der Waals surface area contributed by atoms with Crippen LogP contribution in [0.2, 0.25) is 0 Å². The predicted octanol–water partition coefficient (Wildman–Crippen LogP) is 2.83. The number of allylic oxidation sites excluding steroid dienone is 1. The van der Waals surface area contributed by atoms with Gasteiger partial charge in [0.15, 0.2) is 17.3 Å². The molecule has 28 heavy (non-hydrogen) atoms. The molecule has 2 aromatic rings. The first kappa shape index (κ1) is 19.9. The molecule has 0 saturated carbocycles. The highest BCUT2D eigenvalue weighted by atomic mass is 32.1. The van der Waals surface area contributed by atoms with E-state index in [2.05, 4.69) is 38.1 Å². The Kier molecular flexibility index (Phi) is 6.03. The van der Waals surface area contributed by atoms with Crippen molar-refractivity contribution in [2.24, 2.45) is 11.7 Å². The number of hydrogen-bond acceptors (Lipinski definition) is 8. The third kappa shape index (κ3) is 4.36. The van der Waals surface area contributed by atoms with Crippen molar-refractivity contribution in [2.45, 2.75) is 39.2 Å². The number of carbonyl (C=O) groups is 2. The molecule has 9 heteroatoms. The predicted molar refractivity (Wildman–Crippen MR) is 110 cm³/mol. The molecule has 3 heterocycles. The molecular weight excluding hydrogens is 376 g/mol. The minimum Gasteiger partial charge on any atom is -0.364 e. The highest BCUT2D eigenvalue weighted by Gasteiger charge is 2.30. The maximum absolute atomic E-state index is 11.8. The van der Waals surface area contributed by atoms with E-state index in [0.29, 0.717) is 18.1 Å². The number of primary amides is 1. The third-order valence-electron chi connectivity index (χ3n) is 5.00. The van der Waals surface area contributed by atoms with Gasteiger partial charge in [0.05, 0.1) is 11.9 Å². The van der Waals surface area contributed by atoms with Gasteiger partial charge in [-0.05, 0) is 56.3 Å². The monoisotopic (exact) mass is 400 g/mol. The average molecular weight is 401 g/mol. The zero-order chi connectivity index (χ0) is 20.3. The molecule has 0 aliphatic carbocycles. The largest absolute Gasteiger partial charge is 0.364 e. The Balaban J connectivity index is 1.88. The Bertz CT molecular complexity index is 896. The number of ketones is 1. The van der Waals surface area contributed by atoms with Crippen molar-refractivity contribution in [1.29, 1.82) is 0 Å². The second kappa shape index (κ2) is 8.47. The van der Waals surface area contributed by atoms with Gasteiger partial charge in [0.25, 0.3) is 5.91 Å². The lowest BCUT2D eigenvalue weighted by Crippen LogP contribution is -2.44. The van der Waals surface area contributed by atoms with E-state index in [1.165, 1.54) is 17.6 Å². The number of nitrogens with one attached hydrogen (secondary N) is 1. The molecule has 1 fully saturated rings. The molecule has 1 aliphatic heterocycles. The Labute approximate surface area is 168 Å². The van der Waals surface area contributed by atoms with Crippen LogP contribution in [0.1, 0.15) is 42.4 Å². The highest BCUT2D eigenvalue weighted by Crippen LogP contribution is 2.31. The maximum atomic E-state index is 11.8. The van der Waals surface area contributed by atoms with E-state index in [1.807, 2.05) is 13.0 Å². The van der Waals surface area contributed by atoms with E-state index in [4.69, 9.17) is 5.73 Å². The molecule has 2 aromatic heterocycles. The van der Waals surface area contributed by atoms with Crippen molar-refractivity contribution in [1.82, 2.24) is 14.3 Å². The van der Waals surface area contributed by atoms with Crippen molar-refractivity contribution in [3.05, 3.63) is 36.3 Å². The number of aryl methyl sites for hydroxylation is 1. The quantitative estimate of drug-likeness (QED) is 0.687. The summed E-state index contributed by atoms with van der Waals surface area (Å²) in [5.74, 6) is 0.584. The molecule has 2 atom stereocenters. The molecule has 3 rings (SSSR count). The molecule has 1 aliphatic rings. The molecule has 0 radical (unpaired) electrons. The molecule has 0 unspecified atom stereocenters. The summed E-state index contributed by atoms with van der Waals surface area (Å²) in [6.45, 7) is 8.35. The molecule has 8 nitrogen and oxygen atoms in total. The standard InChI is InChI=1S/C19H24N6O2S/c1-4-14(26)9-13-6-5-7-25(12(13)3)15-10-21-17(18(20)27)19(22-15)23-16-8-11(2)24-28-16/h4,8,10,12-13H,1,5-7,9H2,2-3H3,(H2,20,27)(H,22,23)/t12-,13+/m1/s1. The lowest BCUT2D eigenvalue weighted by atomic mass is 9.86. The summed E-state index contributed by atoms with van der Waals surface area (Å²) >= 11 is 1.28.